The van der Waals surface area contributed by atoms with Crippen LogP contribution in [-0.2, 0) is 11.3 Å². The quantitative estimate of drug-likeness (QED) is 0.684. The number of aliphatic carboxylic acids is 1. The number of rotatable bonds is 4. The minimum Gasteiger partial charge on any atom is -0.480 e. The van der Waals surface area contributed by atoms with Crippen molar-refractivity contribution in [3.63, 3.8) is 0 Å². The van der Waals surface area contributed by atoms with E-state index < -0.39 is 18.0 Å². The number of carboxylic acid groups (broad SMARTS) is 1. The normalized spacial score (nSPS) is 11.9. The molecule has 0 radical (unpaired) electrons. The van der Waals surface area contributed by atoms with E-state index in [0.717, 1.165) is 0 Å². The molecule has 0 aromatic carbocycles. The molecule has 0 aliphatic carbocycles. The van der Waals surface area contributed by atoms with Gasteiger partial charge in [0.1, 0.15) is 17.5 Å². The second-order valence-electron chi connectivity index (χ2n) is 3.32. The van der Waals surface area contributed by atoms with Crippen molar-refractivity contribution in [1.82, 2.24) is 15.8 Å². The molecule has 1 atom stereocenters. The fourth-order valence-corrected chi connectivity index (χ4v) is 0.982. The number of amides is 2. The van der Waals surface area contributed by atoms with Gasteiger partial charge in [0, 0.05) is 6.07 Å². The monoisotopic (exact) mass is 227 g/mol. The molecule has 7 heteroatoms. The molecule has 3 N–H and O–H groups in total. The molecule has 16 heavy (non-hydrogen) atoms. The molecule has 88 valence electrons. The van der Waals surface area contributed by atoms with Crippen LogP contribution in [0.1, 0.15) is 18.4 Å². The van der Waals surface area contributed by atoms with Crippen LogP contribution >= 0.6 is 0 Å². The first-order valence-corrected chi connectivity index (χ1v) is 4.68. The van der Waals surface area contributed by atoms with Crippen molar-refractivity contribution in [3.8, 4) is 0 Å². The molecule has 7 nitrogen and oxygen atoms in total. The fraction of sp³-hybridized carbons (Fsp3) is 0.444. The first kappa shape index (κ1) is 12.0. The summed E-state index contributed by atoms with van der Waals surface area (Å²) >= 11 is 0. The molecular weight excluding hydrogens is 214 g/mol. The van der Waals surface area contributed by atoms with E-state index in [-0.39, 0.29) is 6.54 Å². The molecule has 1 unspecified atom stereocenters. The van der Waals surface area contributed by atoms with E-state index in [1.54, 1.807) is 13.0 Å². The van der Waals surface area contributed by atoms with Gasteiger partial charge in [0.05, 0.1) is 6.54 Å². The summed E-state index contributed by atoms with van der Waals surface area (Å²) in [4.78, 5) is 21.6. The lowest BCUT2D eigenvalue weighted by Gasteiger charge is -2.09. The van der Waals surface area contributed by atoms with Crippen LogP contribution in [0.5, 0.6) is 0 Å². The molecule has 0 bridgehead atoms. The van der Waals surface area contributed by atoms with E-state index in [9.17, 15) is 9.59 Å². The average Bonchev–Trinajstić information content (AvgIpc) is 2.61. The van der Waals surface area contributed by atoms with Gasteiger partial charge in [-0.25, -0.2) is 4.79 Å². The van der Waals surface area contributed by atoms with Gasteiger partial charge in [-0.3, -0.25) is 4.79 Å². The Balaban J connectivity index is 2.33. The highest BCUT2D eigenvalue weighted by atomic mass is 16.5. The second-order valence-corrected chi connectivity index (χ2v) is 3.32. The van der Waals surface area contributed by atoms with E-state index >= 15 is 0 Å². The zero-order chi connectivity index (χ0) is 12.1. The fourth-order valence-electron chi connectivity index (χ4n) is 0.982. The molecular formula is C9H13N3O4. The third-order valence-electron chi connectivity index (χ3n) is 1.82. The molecule has 1 rings (SSSR count). The van der Waals surface area contributed by atoms with Crippen molar-refractivity contribution in [2.24, 2.45) is 0 Å². The molecule has 0 saturated carbocycles. The van der Waals surface area contributed by atoms with Crippen molar-refractivity contribution in [1.29, 1.82) is 0 Å². The molecule has 1 heterocycles. The molecule has 0 aliphatic heterocycles. The van der Waals surface area contributed by atoms with Gasteiger partial charge in [-0.2, -0.15) is 0 Å². The largest absolute Gasteiger partial charge is 0.480 e. The highest BCUT2D eigenvalue weighted by Gasteiger charge is 2.13. The van der Waals surface area contributed by atoms with E-state index in [1.807, 2.05) is 0 Å². The van der Waals surface area contributed by atoms with Gasteiger partial charge in [0.15, 0.2) is 0 Å². The minimum absolute atomic E-state index is 0.190. The maximum Gasteiger partial charge on any atom is 0.325 e. The summed E-state index contributed by atoms with van der Waals surface area (Å²) in [6.07, 6.45) is 0. The van der Waals surface area contributed by atoms with Crippen molar-refractivity contribution in [3.05, 3.63) is 17.5 Å². The van der Waals surface area contributed by atoms with Crippen molar-refractivity contribution in [2.75, 3.05) is 0 Å². The van der Waals surface area contributed by atoms with Crippen LogP contribution in [0.25, 0.3) is 0 Å². The Kier molecular flexibility index (Phi) is 3.87. The Bertz CT molecular complexity index is 388. The van der Waals surface area contributed by atoms with Gasteiger partial charge in [-0.05, 0) is 13.8 Å². The number of carbonyl (C=O) groups is 2. The van der Waals surface area contributed by atoms with Gasteiger partial charge in [0.25, 0.3) is 0 Å². The van der Waals surface area contributed by atoms with Crippen LogP contribution < -0.4 is 10.6 Å². The van der Waals surface area contributed by atoms with Crippen LogP contribution in [-0.4, -0.2) is 28.3 Å². The first-order valence-electron chi connectivity index (χ1n) is 4.68. The number of nitrogens with zero attached hydrogens (tertiary/aromatic N) is 1. The van der Waals surface area contributed by atoms with Crippen LogP contribution in [0.2, 0.25) is 0 Å². The van der Waals surface area contributed by atoms with Crippen LogP contribution in [0.15, 0.2) is 10.6 Å². The maximum absolute atomic E-state index is 11.2. The van der Waals surface area contributed by atoms with E-state index in [4.69, 9.17) is 9.63 Å². The highest BCUT2D eigenvalue weighted by molar-refractivity contribution is 5.82. The molecule has 2 amide bonds. The predicted octanol–water partition coefficient (Wildman–Crippen LogP) is 0.255. The lowest BCUT2D eigenvalue weighted by Crippen LogP contribution is -2.44. The molecule has 0 spiro atoms. The van der Waals surface area contributed by atoms with E-state index in [0.29, 0.717) is 11.5 Å². The Labute approximate surface area is 91.8 Å². The summed E-state index contributed by atoms with van der Waals surface area (Å²) < 4.78 is 4.80. The van der Waals surface area contributed by atoms with Crippen LogP contribution in [0.4, 0.5) is 4.79 Å². The van der Waals surface area contributed by atoms with Crippen LogP contribution in [0, 0.1) is 6.92 Å². The highest BCUT2D eigenvalue weighted by Crippen LogP contribution is 2.00. The Hall–Kier alpha value is -2.05. The lowest BCUT2D eigenvalue weighted by molar-refractivity contribution is -0.138. The van der Waals surface area contributed by atoms with Crippen molar-refractivity contribution < 1.29 is 19.2 Å². The maximum atomic E-state index is 11.2. The van der Waals surface area contributed by atoms with Crippen molar-refractivity contribution in [2.45, 2.75) is 26.4 Å². The number of nitrogens with one attached hydrogen (secondary N) is 2. The van der Waals surface area contributed by atoms with Crippen molar-refractivity contribution >= 4 is 12.0 Å². The Morgan fingerprint density at radius 3 is 2.81 bits per heavy atom. The number of hydrogen-bond donors (Lipinski definition) is 3. The number of aromatic nitrogens is 1. The molecule has 0 fully saturated rings. The standard InChI is InChI=1S/C9H13N3O4/c1-5-3-7(12-16-5)4-10-9(15)11-6(2)8(13)14/h3,6H,4H2,1-2H3,(H,13,14)(H2,10,11,15). The lowest BCUT2D eigenvalue weighted by atomic mass is 10.3. The first-order chi connectivity index (χ1) is 7.49. The zero-order valence-electron chi connectivity index (χ0n) is 8.98. The SMILES string of the molecule is Cc1cc(CNC(=O)NC(C)C(=O)O)no1. The number of carbonyl (C=O) groups excluding carboxylic acids is 1. The molecule has 1 aromatic rings. The summed E-state index contributed by atoms with van der Waals surface area (Å²) in [7, 11) is 0. The van der Waals surface area contributed by atoms with E-state index in [2.05, 4.69) is 15.8 Å². The smallest absolute Gasteiger partial charge is 0.325 e. The summed E-state index contributed by atoms with van der Waals surface area (Å²) in [6, 6.07) is 0.190. The second kappa shape index (κ2) is 5.15. The van der Waals surface area contributed by atoms with Crippen LogP contribution in [0.3, 0.4) is 0 Å². The van der Waals surface area contributed by atoms with E-state index in [1.165, 1.54) is 6.92 Å². The topological polar surface area (TPSA) is 104 Å². The number of carboxylic acids is 1. The number of urea groups is 1. The average molecular weight is 227 g/mol. The van der Waals surface area contributed by atoms with Gasteiger partial charge in [-0.15, -0.1) is 0 Å². The summed E-state index contributed by atoms with van der Waals surface area (Å²) in [5.74, 6) is -0.441. The zero-order valence-corrected chi connectivity index (χ0v) is 8.98. The van der Waals surface area contributed by atoms with Gasteiger partial charge in [0.2, 0.25) is 0 Å². The number of hydrogen-bond acceptors (Lipinski definition) is 4. The predicted molar refractivity (Wildman–Crippen MR) is 53.7 cm³/mol. The molecule has 0 aliphatic rings. The minimum atomic E-state index is -1.09. The third-order valence-corrected chi connectivity index (χ3v) is 1.82. The van der Waals surface area contributed by atoms with Gasteiger partial charge in [-0.1, -0.05) is 5.16 Å². The van der Waals surface area contributed by atoms with Gasteiger partial charge >= 0.3 is 12.0 Å². The summed E-state index contributed by atoms with van der Waals surface area (Å²) in [5.41, 5.74) is 0.579. The Morgan fingerprint density at radius 2 is 2.31 bits per heavy atom. The number of aryl methyl sites for hydroxylation is 1. The summed E-state index contributed by atoms with van der Waals surface area (Å²) in [6.45, 7) is 3.31. The summed E-state index contributed by atoms with van der Waals surface area (Å²) in [5, 5.41) is 16.9. The Morgan fingerprint density at radius 1 is 1.62 bits per heavy atom. The third kappa shape index (κ3) is 3.60. The molecule has 1 aromatic heterocycles. The molecule has 0 saturated heterocycles. The van der Waals surface area contributed by atoms with Gasteiger partial charge < -0.3 is 20.3 Å².